The SMILES string of the molecule is COc1sc2cc(Br)ccc2c1SC. The summed E-state index contributed by atoms with van der Waals surface area (Å²) in [6.45, 7) is 0. The topological polar surface area (TPSA) is 9.23 Å². The van der Waals surface area contributed by atoms with Gasteiger partial charge in [0, 0.05) is 14.6 Å². The van der Waals surface area contributed by atoms with Gasteiger partial charge in [-0.2, -0.15) is 0 Å². The average molecular weight is 289 g/mol. The Kier molecular flexibility index (Phi) is 3.04. The summed E-state index contributed by atoms with van der Waals surface area (Å²) in [7, 11) is 1.72. The third-order valence-electron chi connectivity index (χ3n) is 1.97. The summed E-state index contributed by atoms with van der Waals surface area (Å²) in [6, 6.07) is 6.32. The predicted molar refractivity (Wildman–Crippen MR) is 67.9 cm³/mol. The molecule has 74 valence electrons. The smallest absolute Gasteiger partial charge is 0.188 e. The van der Waals surface area contributed by atoms with Crippen LogP contribution in [0.15, 0.2) is 27.6 Å². The van der Waals surface area contributed by atoms with Crippen LogP contribution in [-0.4, -0.2) is 13.4 Å². The molecule has 1 nitrogen and oxygen atoms in total. The van der Waals surface area contributed by atoms with E-state index in [0.717, 1.165) is 9.54 Å². The lowest BCUT2D eigenvalue weighted by atomic mass is 10.3. The van der Waals surface area contributed by atoms with Gasteiger partial charge in [0.1, 0.15) is 0 Å². The molecule has 0 radical (unpaired) electrons. The quantitative estimate of drug-likeness (QED) is 0.758. The van der Waals surface area contributed by atoms with Crippen LogP contribution in [0.3, 0.4) is 0 Å². The van der Waals surface area contributed by atoms with Gasteiger partial charge in [0.05, 0.1) is 12.0 Å². The summed E-state index contributed by atoms with van der Waals surface area (Å²) in [5, 5.41) is 2.29. The molecule has 0 bridgehead atoms. The Labute approximate surface area is 99.6 Å². The van der Waals surface area contributed by atoms with Gasteiger partial charge in [-0.1, -0.05) is 33.3 Å². The van der Waals surface area contributed by atoms with Crippen LogP contribution in [0, 0.1) is 0 Å². The first-order valence-electron chi connectivity index (χ1n) is 4.06. The molecule has 4 heteroatoms. The van der Waals surface area contributed by atoms with Crippen molar-refractivity contribution in [2.24, 2.45) is 0 Å². The van der Waals surface area contributed by atoms with E-state index in [1.807, 2.05) is 0 Å². The number of methoxy groups -OCH3 is 1. The summed E-state index contributed by atoms with van der Waals surface area (Å²) < 4.78 is 7.72. The lowest BCUT2D eigenvalue weighted by Gasteiger charge is -1.97. The number of thioether (sulfide) groups is 1. The van der Waals surface area contributed by atoms with E-state index in [2.05, 4.69) is 40.4 Å². The molecule has 0 saturated carbocycles. The van der Waals surface area contributed by atoms with Gasteiger partial charge >= 0.3 is 0 Å². The van der Waals surface area contributed by atoms with Crippen molar-refractivity contribution in [1.82, 2.24) is 0 Å². The van der Waals surface area contributed by atoms with Crippen LogP contribution in [0.2, 0.25) is 0 Å². The molecule has 0 unspecified atom stereocenters. The van der Waals surface area contributed by atoms with E-state index < -0.39 is 0 Å². The molecule has 0 N–H and O–H groups in total. The van der Waals surface area contributed by atoms with Crippen LogP contribution in [0.4, 0.5) is 0 Å². The number of benzene rings is 1. The number of halogens is 1. The van der Waals surface area contributed by atoms with Crippen molar-refractivity contribution in [2.75, 3.05) is 13.4 Å². The summed E-state index contributed by atoms with van der Waals surface area (Å²) >= 11 is 6.89. The van der Waals surface area contributed by atoms with Crippen molar-refractivity contribution in [3.8, 4) is 5.06 Å². The maximum Gasteiger partial charge on any atom is 0.188 e. The summed E-state index contributed by atoms with van der Waals surface area (Å²) in [6.07, 6.45) is 2.08. The van der Waals surface area contributed by atoms with Gasteiger partial charge in [0.15, 0.2) is 5.06 Å². The Morgan fingerprint density at radius 1 is 1.43 bits per heavy atom. The first-order chi connectivity index (χ1) is 6.76. The molecule has 2 rings (SSSR count). The Morgan fingerprint density at radius 2 is 2.21 bits per heavy atom. The second-order valence-corrected chi connectivity index (χ2v) is 5.51. The third-order valence-corrected chi connectivity index (χ3v) is 4.52. The lowest BCUT2D eigenvalue weighted by Crippen LogP contribution is -1.78. The van der Waals surface area contributed by atoms with E-state index in [-0.39, 0.29) is 0 Å². The number of hydrogen-bond acceptors (Lipinski definition) is 3. The molecule has 0 atom stereocenters. The van der Waals surface area contributed by atoms with Gasteiger partial charge in [-0.15, -0.1) is 11.8 Å². The molecule has 0 saturated heterocycles. The van der Waals surface area contributed by atoms with Crippen molar-refractivity contribution in [2.45, 2.75) is 4.90 Å². The van der Waals surface area contributed by atoms with Crippen LogP contribution in [0.1, 0.15) is 0 Å². The minimum Gasteiger partial charge on any atom is -0.486 e. The number of hydrogen-bond donors (Lipinski definition) is 0. The molecule has 1 aromatic carbocycles. The van der Waals surface area contributed by atoms with E-state index in [4.69, 9.17) is 4.74 Å². The van der Waals surface area contributed by atoms with Crippen molar-refractivity contribution in [3.63, 3.8) is 0 Å². The van der Waals surface area contributed by atoms with Gasteiger partial charge in [0.2, 0.25) is 0 Å². The second-order valence-electron chi connectivity index (χ2n) is 2.77. The molecule has 1 aromatic heterocycles. The molecule has 0 fully saturated rings. The highest BCUT2D eigenvalue weighted by Crippen LogP contribution is 2.43. The molecule has 14 heavy (non-hydrogen) atoms. The van der Waals surface area contributed by atoms with Gasteiger partial charge < -0.3 is 4.74 Å². The fourth-order valence-electron chi connectivity index (χ4n) is 1.35. The normalized spacial score (nSPS) is 10.8. The second kappa shape index (κ2) is 4.13. The molecular weight excluding hydrogens is 280 g/mol. The molecule has 0 aliphatic rings. The van der Waals surface area contributed by atoms with E-state index in [0.29, 0.717) is 0 Å². The first kappa shape index (κ1) is 10.3. The lowest BCUT2D eigenvalue weighted by molar-refractivity contribution is 0.419. The monoisotopic (exact) mass is 288 g/mol. The molecule has 0 spiro atoms. The van der Waals surface area contributed by atoms with Crippen LogP contribution in [-0.2, 0) is 0 Å². The zero-order valence-electron chi connectivity index (χ0n) is 7.83. The molecule has 0 aliphatic heterocycles. The van der Waals surface area contributed by atoms with Gasteiger partial charge in [-0.05, 0) is 18.4 Å². The maximum atomic E-state index is 5.34. The first-order valence-corrected chi connectivity index (χ1v) is 6.89. The summed E-state index contributed by atoms with van der Waals surface area (Å²) in [5.41, 5.74) is 0. The molecular formula is C10H9BrOS2. The number of fused-ring (bicyclic) bond motifs is 1. The fourth-order valence-corrected chi connectivity index (χ4v) is 3.90. The molecule has 0 amide bonds. The zero-order valence-corrected chi connectivity index (χ0v) is 11.1. The zero-order chi connectivity index (χ0) is 10.1. The number of ether oxygens (including phenoxy) is 1. The Morgan fingerprint density at radius 3 is 2.86 bits per heavy atom. The molecule has 1 heterocycles. The van der Waals surface area contributed by atoms with Gasteiger partial charge in [-0.3, -0.25) is 0 Å². The Bertz CT molecular complexity index is 464. The summed E-state index contributed by atoms with van der Waals surface area (Å²) in [4.78, 5) is 1.24. The highest BCUT2D eigenvalue weighted by atomic mass is 79.9. The third kappa shape index (κ3) is 1.66. The van der Waals surface area contributed by atoms with Crippen LogP contribution < -0.4 is 4.74 Å². The van der Waals surface area contributed by atoms with E-state index in [9.17, 15) is 0 Å². The minimum absolute atomic E-state index is 1.01. The highest BCUT2D eigenvalue weighted by Gasteiger charge is 2.11. The van der Waals surface area contributed by atoms with Crippen LogP contribution in [0.5, 0.6) is 5.06 Å². The van der Waals surface area contributed by atoms with E-state index in [1.165, 1.54) is 15.0 Å². The standard InChI is InChI=1S/C10H9BrOS2/c1-12-10-9(13-2)7-4-3-6(11)5-8(7)14-10/h3-5H,1-2H3. The van der Waals surface area contributed by atoms with Gasteiger partial charge in [0.25, 0.3) is 0 Å². The average Bonchev–Trinajstić information content (AvgIpc) is 2.54. The highest BCUT2D eigenvalue weighted by molar-refractivity contribution is 9.10. The Hall–Kier alpha value is -0.190. The maximum absolute atomic E-state index is 5.34. The van der Waals surface area contributed by atoms with Crippen LogP contribution in [0.25, 0.3) is 10.1 Å². The van der Waals surface area contributed by atoms with E-state index in [1.54, 1.807) is 30.2 Å². The van der Waals surface area contributed by atoms with Crippen molar-refractivity contribution in [3.05, 3.63) is 22.7 Å². The van der Waals surface area contributed by atoms with Crippen molar-refractivity contribution < 1.29 is 4.74 Å². The van der Waals surface area contributed by atoms with Crippen molar-refractivity contribution >= 4 is 49.1 Å². The predicted octanol–water partition coefficient (Wildman–Crippen LogP) is 4.39. The molecule has 0 aliphatic carbocycles. The Balaban J connectivity index is 2.73. The van der Waals surface area contributed by atoms with Crippen LogP contribution >= 0.6 is 39.0 Å². The summed E-state index contributed by atoms with van der Waals surface area (Å²) in [5.74, 6) is 0. The largest absolute Gasteiger partial charge is 0.486 e. The number of thiophene rings is 1. The van der Waals surface area contributed by atoms with Gasteiger partial charge in [-0.25, -0.2) is 0 Å². The van der Waals surface area contributed by atoms with E-state index >= 15 is 0 Å². The molecule has 2 aromatic rings. The van der Waals surface area contributed by atoms with Crippen molar-refractivity contribution in [1.29, 1.82) is 0 Å². The number of rotatable bonds is 2. The fraction of sp³-hybridized carbons (Fsp3) is 0.200. The minimum atomic E-state index is 1.01.